The van der Waals surface area contributed by atoms with Gasteiger partial charge < -0.3 is 15.5 Å². The van der Waals surface area contributed by atoms with Crippen molar-refractivity contribution in [2.75, 3.05) is 52.4 Å². The van der Waals surface area contributed by atoms with Gasteiger partial charge in [0.1, 0.15) is 0 Å². The van der Waals surface area contributed by atoms with Crippen LogP contribution in [-0.2, 0) is 0 Å². The second kappa shape index (κ2) is 8.55. The number of nitrogens with one attached hydrogen (secondary N) is 2. The fourth-order valence-corrected chi connectivity index (χ4v) is 3.68. The number of rotatable bonds is 5. The molecule has 2 amide bonds. The molecule has 0 aliphatic carbocycles. The number of urea groups is 1. The fourth-order valence-electron chi connectivity index (χ4n) is 3.48. The lowest BCUT2D eigenvalue weighted by Crippen LogP contribution is -2.63. The number of hydrogen-bond donors (Lipinski definition) is 3. The molecule has 0 atom stereocenters. The molecule has 6 nitrogen and oxygen atoms in total. The third-order valence-corrected chi connectivity index (χ3v) is 5.33. The second-order valence-corrected chi connectivity index (χ2v) is 7.76. The van der Waals surface area contributed by atoms with Crippen LogP contribution in [0.5, 0.6) is 0 Å². The van der Waals surface area contributed by atoms with Crippen molar-refractivity contribution >= 4 is 18.8 Å². The number of carbonyl (C=O) groups is 1. The topological polar surface area (TPSA) is 50.9 Å². The van der Waals surface area contributed by atoms with Crippen LogP contribution in [0.1, 0.15) is 33.6 Å². The molecule has 2 fully saturated rings. The predicted molar refractivity (Wildman–Crippen MR) is 97.9 cm³/mol. The molecule has 0 spiro atoms. The molecule has 0 aromatic carbocycles. The summed E-state index contributed by atoms with van der Waals surface area (Å²) in [6.45, 7) is 14.5. The number of piperazine rings is 1. The smallest absolute Gasteiger partial charge is 0.315 e. The molecule has 0 aromatic rings. The second-order valence-electron chi connectivity index (χ2n) is 7.20. The molecule has 2 aliphatic rings. The van der Waals surface area contributed by atoms with E-state index in [1.165, 1.54) is 0 Å². The Morgan fingerprint density at radius 3 is 2.17 bits per heavy atom. The van der Waals surface area contributed by atoms with Crippen LogP contribution >= 0.6 is 12.8 Å². The van der Waals surface area contributed by atoms with E-state index < -0.39 is 0 Å². The number of likely N-dealkylation sites (N-methyl/N-ethyl adjacent to an activating group) is 1. The van der Waals surface area contributed by atoms with Crippen molar-refractivity contribution in [1.29, 1.82) is 0 Å². The first-order valence-electron chi connectivity index (χ1n) is 8.90. The number of carbonyl (C=O) groups excluding carboxylic acids is 1. The zero-order valence-electron chi connectivity index (χ0n) is 14.8. The van der Waals surface area contributed by atoms with Crippen LogP contribution in [0, 0.1) is 0 Å². The molecule has 0 saturated carbocycles. The maximum absolute atomic E-state index is 12.3. The highest BCUT2D eigenvalue weighted by Gasteiger charge is 2.37. The van der Waals surface area contributed by atoms with Crippen molar-refractivity contribution in [2.45, 2.75) is 45.2 Å². The lowest BCUT2D eigenvalue weighted by molar-refractivity contribution is 0.0853. The summed E-state index contributed by atoms with van der Waals surface area (Å²) in [4.78, 5) is 17.3. The molecule has 2 N–H and O–H groups in total. The van der Waals surface area contributed by atoms with E-state index in [9.17, 15) is 4.79 Å². The van der Waals surface area contributed by atoms with E-state index in [-0.39, 0.29) is 17.6 Å². The van der Waals surface area contributed by atoms with Crippen molar-refractivity contribution in [3.8, 4) is 0 Å². The van der Waals surface area contributed by atoms with Crippen molar-refractivity contribution < 1.29 is 4.79 Å². The van der Waals surface area contributed by atoms with Crippen molar-refractivity contribution in [2.24, 2.45) is 0 Å². The van der Waals surface area contributed by atoms with Gasteiger partial charge in [0, 0.05) is 51.9 Å². The summed E-state index contributed by atoms with van der Waals surface area (Å²) in [7, 11) is 0. The Hall–Kier alpha value is -0.500. The molecule has 0 radical (unpaired) electrons. The van der Waals surface area contributed by atoms with Crippen molar-refractivity contribution in [3.63, 3.8) is 0 Å². The maximum atomic E-state index is 12.3. The average Bonchev–Trinajstić information content (AvgIpc) is 2.50. The lowest BCUT2D eigenvalue weighted by Gasteiger charge is -2.45. The van der Waals surface area contributed by atoms with E-state index in [1.807, 2.05) is 13.8 Å². The molecule has 0 aromatic heterocycles. The van der Waals surface area contributed by atoms with Crippen LogP contribution in [0.25, 0.3) is 0 Å². The highest BCUT2D eigenvalue weighted by atomic mass is 32.1. The van der Waals surface area contributed by atoms with Gasteiger partial charge in [0.25, 0.3) is 0 Å². The van der Waals surface area contributed by atoms with Gasteiger partial charge in [0.2, 0.25) is 0 Å². The molecule has 2 heterocycles. The molecule has 7 heteroatoms. The maximum Gasteiger partial charge on any atom is 0.315 e. The van der Waals surface area contributed by atoms with E-state index in [2.05, 4.69) is 44.5 Å². The summed E-state index contributed by atoms with van der Waals surface area (Å²) in [5.41, 5.74) is -0.132. The van der Waals surface area contributed by atoms with E-state index in [4.69, 9.17) is 0 Å². The van der Waals surface area contributed by atoms with Crippen LogP contribution < -0.4 is 10.6 Å². The third kappa shape index (κ3) is 5.81. The normalized spacial score (nSPS) is 23.9. The molecule has 2 aliphatic heterocycles. The molecule has 2 saturated heterocycles. The fraction of sp³-hybridized carbons (Fsp3) is 0.938. The zero-order chi connectivity index (χ0) is 16.9. The summed E-state index contributed by atoms with van der Waals surface area (Å²) >= 11 is 4.46. The SMILES string of the molecule is CCN1CCN(CC2(NC(=O)NC(C)C)CCN(S)CC2)CC1. The standard InChI is InChI=1S/C16H33N5OS/c1-4-19-9-11-20(12-10-19)13-16(5-7-21(23)8-6-16)18-15(22)17-14(2)3/h14,23H,4-13H2,1-3H3,(H2,17,18,22). The monoisotopic (exact) mass is 343 g/mol. The summed E-state index contributed by atoms with van der Waals surface area (Å²) in [5, 5.41) is 6.26. The highest BCUT2D eigenvalue weighted by molar-refractivity contribution is 7.77. The first kappa shape index (κ1) is 18.8. The van der Waals surface area contributed by atoms with Crippen molar-refractivity contribution in [3.05, 3.63) is 0 Å². The largest absolute Gasteiger partial charge is 0.336 e. The molecule has 23 heavy (non-hydrogen) atoms. The summed E-state index contributed by atoms with van der Waals surface area (Å²) in [6, 6.07) is 0.116. The third-order valence-electron chi connectivity index (χ3n) is 4.93. The first-order valence-corrected chi connectivity index (χ1v) is 9.30. The molecular formula is C16H33N5OS. The highest BCUT2D eigenvalue weighted by Crippen LogP contribution is 2.25. The van der Waals surface area contributed by atoms with Gasteiger partial charge in [-0.05, 0) is 33.2 Å². The quantitative estimate of drug-likeness (QED) is 0.652. The lowest BCUT2D eigenvalue weighted by atomic mass is 9.87. The number of nitrogens with zero attached hydrogens (tertiary/aromatic N) is 3. The summed E-state index contributed by atoms with van der Waals surface area (Å²) < 4.78 is 2.05. The van der Waals surface area contributed by atoms with Gasteiger partial charge in [0.15, 0.2) is 0 Å². The number of thiol groups is 1. The van der Waals surface area contributed by atoms with E-state index in [1.54, 1.807) is 0 Å². The summed E-state index contributed by atoms with van der Waals surface area (Å²) in [6.07, 6.45) is 1.91. The number of piperidine rings is 1. The minimum Gasteiger partial charge on any atom is -0.336 e. The Kier molecular flexibility index (Phi) is 7.00. The van der Waals surface area contributed by atoms with Gasteiger partial charge in [-0.3, -0.25) is 9.21 Å². The van der Waals surface area contributed by atoms with Crippen LogP contribution in [0.3, 0.4) is 0 Å². The van der Waals surface area contributed by atoms with Gasteiger partial charge in [-0.2, -0.15) is 0 Å². The minimum atomic E-state index is -0.132. The van der Waals surface area contributed by atoms with Crippen LogP contribution in [-0.4, -0.2) is 84.1 Å². The number of amides is 2. The van der Waals surface area contributed by atoms with Gasteiger partial charge in [-0.25, -0.2) is 4.79 Å². The number of hydrogen-bond acceptors (Lipinski definition) is 5. The Balaban J connectivity index is 1.95. The molecule has 0 unspecified atom stereocenters. The predicted octanol–water partition coefficient (Wildman–Crippen LogP) is 1.01. The molecular weight excluding hydrogens is 310 g/mol. The summed E-state index contributed by atoms with van der Waals surface area (Å²) in [5.74, 6) is 0. The Morgan fingerprint density at radius 1 is 1.09 bits per heavy atom. The van der Waals surface area contributed by atoms with E-state index in [0.29, 0.717) is 0 Å². The average molecular weight is 344 g/mol. The minimum absolute atomic E-state index is 0.0418. The van der Waals surface area contributed by atoms with Gasteiger partial charge >= 0.3 is 6.03 Å². The van der Waals surface area contributed by atoms with Gasteiger partial charge in [0.05, 0.1) is 5.54 Å². The zero-order valence-corrected chi connectivity index (χ0v) is 15.7. The Labute approximate surface area is 146 Å². The molecule has 134 valence electrons. The van der Waals surface area contributed by atoms with Crippen LogP contribution in [0.15, 0.2) is 0 Å². The van der Waals surface area contributed by atoms with Crippen LogP contribution in [0.4, 0.5) is 4.79 Å². The van der Waals surface area contributed by atoms with E-state index >= 15 is 0 Å². The van der Waals surface area contributed by atoms with Gasteiger partial charge in [-0.15, -0.1) is 0 Å². The molecule has 2 rings (SSSR count). The van der Waals surface area contributed by atoms with Gasteiger partial charge in [-0.1, -0.05) is 19.7 Å². The van der Waals surface area contributed by atoms with Crippen LogP contribution in [0.2, 0.25) is 0 Å². The Morgan fingerprint density at radius 2 is 1.65 bits per heavy atom. The van der Waals surface area contributed by atoms with E-state index in [0.717, 1.165) is 65.2 Å². The molecule has 0 bridgehead atoms. The Bertz CT molecular complexity index is 377. The van der Waals surface area contributed by atoms with Crippen molar-refractivity contribution in [1.82, 2.24) is 24.7 Å². The first-order chi connectivity index (χ1) is 10.9.